The molecule has 0 aliphatic heterocycles. The van der Waals surface area contributed by atoms with Crippen molar-refractivity contribution in [3.05, 3.63) is 35.4 Å². The van der Waals surface area contributed by atoms with Crippen molar-refractivity contribution in [3.8, 4) is 0 Å². The van der Waals surface area contributed by atoms with Crippen LogP contribution in [0.15, 0.2) is 24.3 Å². The number of carbonyl (C=O) groups excluding carboxylic acids is 1. The maximum atomic E-state index is 12.3. The Balaban J connectivity index is 2.63. The zero-order valence-corrected chi connectivity index (χ0v) is 10.7. The fraction of sp³-hybridized carbons (Fsp3) is 0.462. The van der Waals surface area contributed by atoms with Gasteiger partial charge in [-0.1, -0.05) is 26.0 Å². The monoisotopic (exact) mass is 275 g/mol. The molecular formula is C13H16F3NO2. The quantitative estimate of drug-likeness (QED) is 0.887. The predicted octanol–water partition coefficient (Wildman–Crippen LogP) is 2.51. The zero-order valence-electron chi connectivity index (χ0n) is 10.7. The molecule has 0 bridgehead atoms. The fourth-order valence-electron chi connectivity index (χ4n) is 1.41. The molecule has 0 aliphatic rings. The summed E-state index contributed by atoms with van der Waals surface area (Å²) in [5, 5.41) is 12.3. The first kappa shape index (κ1) is 15.5. The van der Waals surface area contributed by atoms with E-state index in [9.17, 15) is 23.1 Å². The van der Waals surface area contributed by atoms with Crippen LogP contribution in [0.25, 0.3) is 0 Å². The second-order valence-electron chi connectivity index (χ2n) is 4.54. The van der Waals surface area contributed by atoms with Gasteiger partial charge in [-0.2, -0.15) is 13.2 Å². The van der Waals surface area contributed by atoms with Crippen LogP contribution in [0.1, 0.15) is 31.1 Å². The number of benzene rings is 1. The Morgan fingerprint density at radius 2 is 1.79 bits per heavy atom. The van der Waals surface area contributed by atoms with Crippen molar-refractivity contribution in [2.24, 2.45) is 5.92 Å². The molecule has 1 rings (SSSR count). The van der Waals surface area contributed by atoms with E-state index in [0.717, 1.165) is 12.1 Å². The number of hydrogen-bond donors (Lipinski definition) is 2. The van der Waals surface area contributed by atoms with Crippen LogP contribution in [0.4, 0.5) is 13.2 Å². The zero-order chi connectivity index (χ0) is 14.6. The molecule has 1 unspecified atom stereocenters. The molecule has 0 radical (unpaired) electrons. The Labute approximate surface area is 109 Å². The van der Waals surface area contributed by atoms with E-state index < -0.39 is 17.8 Å². The molecular weight excluding hydrogens is 259 g/mol. The average Bonchev–Trinajstić information content (AvgIpc) is 2.34. The number of halogens is 3. The van der Waals surface area contributed by atoms with Gasteiger partial charge in [0.2, 0.25) is 5.91 Å². The smallest absolute Gasteiger partial charge is 0.387 e. The van der Waals surface area contributed by atoms with E-state index in [1.54, 1.807) is 13.8 Å². The van der Waals surface area contributed by atoms with Crippen molar-refractivity contribution in [1.82, 2.24) is 5.32 Å². The Hall–Kier alpha value is -1.56. The lowest BCUT2D eigenvalue weighted by Gasteiger charge is -2.14. The Kier molecular flexibility index (Phi) is 4.94. The summed E-state index contributed by atoms with van der Waals surface area (Å²) in [6.45, 7) is 3.39. The SMILES string of the molecule is CC(C)C(=O)NCC(O)c1ccc(C(F)(F)F)cc1. The van der Waals surface area contributed by atoms with E-state index >= 15 is 0 Å². The van der Waals surface area contributed by atoms with Crippen LogP contribution in [0.5, 0.6) is 0 Å². The molecule has 0 spiro atoms. The number of nitrogens with one attached hydrogen (secondary N) is 1. The molecule has 1 aromatic carbocycles. The standard InChI is InChI=1S/C13H16F3NO2/c1-8(2)12(19)17-7-11(18)9-3-5-10(6-4-9)13(14,15)16/h3-6,8,11,18H,7H2,1-2H3,(H,17,19). The molecule has 106 valence electrons. The Bertz CT molecular complexity index is 427. The van der Waals surface area contributed by atoms with Crippen molar-refractivity contribution in [3.63, 3.8) is 0 Å². The lowest BCUT2D eigenvalue weighted by atomic mass is 10.1. The fourth-order valence-corrected chi connectivity index (χ4v) is 1.41. The summed E-state index contributed by atoms with van der Waals surface area (Å²) in [4.78, 5) is 11.3. The van der Waals surface area contributed by atoms with Crippen molar-refractivity contribution < 1.29 is 23.1 Å². The lowest BCUT2D eigenvalue weighted by molar-refractivity contribution is -0.137. The number of aliphatic hydroxyl groups is 1. The second kappa shape index (κ2) is 6.06. The Morgan fingerprint density at radius 1 is 1.26 bits per heavy atom. The normalized spacial score (nSPS) is 13.4. The van der Waals surface area contributed by atoms with Gasteiger partial charge >= 0.3 is 6.18 Å². The minimum atomic E-state index is -4.39. The van der Waals surface area contributed by atoms with E-state index in [1.165, 1.54) is 12.1 Å². The van der Waals surface area contributed by atoms with Gasteiger partial charge in [0.05, 0.1) is 11.7 Å². The van der Waals surface area contributed by atoms with Crippen LogP contribution in [0.3, 0.4) is 0 Å². The molecule has 6 heteroatoms. The van der Waals surface area contributed by atoms with Gasteiger partial charge in [0.25, 0.3) is 0 Å². The number of hydrogen-bond acceptors (Lipinski definition) is 2. The largest absolute Gasteiger partial charge is 0.416 e. The predicted molar refractivity (Wildman–Crippen MR) is 64.3 cm³/mol. The minimum Gasteiger partial charge on any atom is -0.387 e. The van der Waals surface area contributed by atoms with Crippen LogP contribution < -0.4 is 5.32 Å². The molecule has 0 aromatic heterocycles. The number of aliphatic hydroxyl groups excluding tert-OH is 1. The van der Waals surface area contributed by atoms with Gasteiger partial charge in [-0.25, -0.2) is 0 Å². The molecule has 2 N–H and O–H groups in total. The summed E-state index contributed by atoms with van der Waals surface area (Å²) in [6, 6.07) is 4.22. The first-order chi connectivity index (χ1) is 8.71. The molecule has 1 aromatic rings. The van der Waals surface area contributed by atoms with Crippen molar-refractivity contribution in [1.29, 1.82) is 0 Å². The maximum absolute atomic E-state index is 12.3. The highest BCUT2D eigenvalue weighted by atomic mass is 19.4. The summed E-state index contributed by atoms with van der Waals surface area (Å²) in [5.41, 5.74) is -0.438. The van der Waals surface area contributed by atoms with Crippen molar-refractivity contribution in [2.75, 3.05) is 6.54 Å². The van der Waals surface area contributed by atoms with E-state index in [1.807, 2.05) is 0 Å². The van der Waals surface area contributed by atoms with Crippen LogP contribution in [0.2, 0.25) is 0 Å². The average molecular weight is 275 g/mol. The number of alkyl halides is 3. The molecule has 3 nitrogen and oxygen atoms in total. The third-order valence-corrected chi connectivity index (χ3v) is 2.62. The number of carbonyl (C=O) groups is 1. The summed E-state index contributed by atoms with van der Waals surface area (Å²) in [7, 11) is 0. The van der Waals surface area contributed by atoms with Gasteiger partial charge in [-0.15, -0.1) is 0 Å². The molecule has 0 saturated carbocycles. The Morgan fingerprint density at radius 3 is 2.21 bits per heavy atom. The van der Waals surface area contributed by atoms with Crippen molar-refractivity contribution >= 4 is 5.91 Å². The van der Waals surface area contributed by atoms with Gasteiger partial charge in [-0.3, -0.25) is 4.79 Å². The molecule has 1 atom stereocenters. The molecule has 1 amide bonds. The van der Waals surface area contributed by atoms with Crippen LogP contribution >= 0.6 is 0 Å². The minimum absolute atomic E-state index is 0.0254. The van der Waals surface area contributed by atoms with Gasteiger partial charge in [0.15, 0.2) is 0 Å². The van der Waals surface area contributed by atoms with Gasteiger partial charge in [0, 0.05) is 12.5 Å². The molecule has 0 fully saturated rings. The molecule has 0 aliphatic carbocycles. The third-order valence-electron chi connectivity index (χ3n) is 2.62. The molecule has 0 saturated heterocycles. The van der Waals surface area contributed by atoms with Crippen LogP contribution in [0, 0.1) is 5.92 Å². The van der Waals surface area contributed by atoms with E-state index in [0.29, 0.717) is 5.56 Å². The maximum Gasteiger partial charge on any atom is 0.416 e. The third kappa shape index (κ3) is 4.55. The number of rotatable bonds is 4. The first-order valence-corrected chi connectivity index (χ1v) is 5.84. The summed E-state index contributed by atoms with van der Waals surface area (Å²) >= 11 is 0. The summed E-state index contributed by atoms with van der Waals surface area (Å²) in [6.07, 6.45) is -5.42. The highest BCUT2D eigenvalue weighted by molar-refractivity contribution is 5.77. The molecule has 0 heterocycles. The topological polar surface area (TPSA) is 49.3 Å². The van der Waals surface area contributed by atoms with Gasteiger partial charge in [-0.05, 0) is 17.7 Å². The summed E-state index contributed by atoms with van der Waals surface area (Å²) < 4.78 is 37.0. The molecule has 19 heavy (non-hydrogen) atoms. The van der Waals surface area contributed by atoms with E-state index in [4.69, 9.17) is 0 Å². The van der Waals surface area contributed by atoms with Crippen molar-refractivity contribution in [2.45, 2.75) is 26.1 Å². The summed E-state index contributed by atoms with van der Waals surface area (Å²) in [5.74, 6) is -0.425. The van der Waals surface area contributed by atoms with E-state index in [-0.39, 0.29) is 18.4 Å². The first-order valence-electron chi connectivity index (χ1n) is 5.84. The highest BCUT2D eigenvalue weighted by Gasteiger charge is 2.30. The second-order valence-corrected chi connectivity index (χ2v) is 4.54. The lowest BCUT2D eigenvalue weighted by Crippen LogP contribution is -2.31. The van der Waals surface area contributed by atoms with Gasteiger partial charge < -0.3 is 10.4 Å². The van der Waals surface area contributed by atoms with Crippen LogP contribution in [-0.4, -0.2) is 17.6 Å². The van der Waals surface area contributed by atoms with Crippen LogP contribution in [-0.2, 0) is 11.0 Å². The highest BCUT2D eigenvalue weighted by Crippen LogP contribution is 2.29. The van der Waals surface area contributed by atoms with E-state index in [2.05, 4.69) is 5.32 Å². The van der Waals surface area contributed by atoms with Gasteiger partial charge in [0.1, 0.15) is 0 Å². The number of amides is 1.